The Bertz CT molecular complexity index is 1570. The Morgan fingerprint density at radius 2 is 1.86 bits per heavy atom. The molecule has 3 saturated carbocycles. The normalized spacial score (nSPS) is 41.2. The van der Waals surface area contributed by atoms with E-state index in [9.17, 15) is 24.9 Å². The zero-order valence-corrected chi connectivity index (χ0v) is 30.7. The number of aliphatic hydroxyl groups is 3. The number of cyclic esters (lactones) is 1. The minimum Gasteiger partial charge on any atom is -0.458 e. The van der Waals surface area contributed by atoms with Gasteiger partial charge >= 0.3 is 11.9 Å². The molecule has 4 fully saturated rings. The molecule has 3 heterocycles. The van der Waals surface area contributed by atoms with Crippen LogP contribution in [0.15, 0.2) is 42.0 Å². The Hall–Kier alpha value is -2.74. The first-order valence-electron chi connectivity index (χ1n) is 19.6. The highest BCUT2D eigenvalue weighted by Gasteiger charge is 2.82. The van der Waals surface area contributed by atoms with E-state index in [-0.39, 0.29) is 50.2 Å². The number of aryl methyl sites for hydroxylation is 1. The molecule has 0 aromatic heterocycles. The minimum atomic E-state index is -1.72. The van der Waals surface area contributed by atoms with Crippen molar-refractivity contribution < 1.29 is 34.4 Å². The van der Waals surface area contributed by atoms with Gasteiger partial charge in [0.05, 0.1) is 35.1 Å². The second-order valence-electron chi connectivity index (χ2n) is 17.4. The highest BCUT2D eigenvalue weighted by molar-refractivity contribution is 5.85. The Labute approximate surface area is 303 Å². The summed E-state index contributed by atoms with van der Waals surface area (Å²) in [5.41, 5.74) is 3.01. The molecule has 9 heteroatoms. The second kappa shape index (κ2) is 13.9. The van der Waals surface area contributed by atoms with E-state index in [1.54, 1.807) is 0 Å². The summed E-state index contributed by atoms with van der Waals surface area (Å²) in [4.78, 5) is 25.8. The van der Waals surface area contributed by atoms with Crippen LogP contribution in [0.5, 0.6) is 0 Å². The maximum atomic E-state index is 13.9. The molecule has 1 aromatic rings. The average molecular weight is 703 g/mol. The summed E-state index contributed by atoms with van der Waals surface area (Å²) in [6.07, 6.45) is 8.54. The van der Waals surface area contributed by atoms with Gasteiger partial charge in [-0.05, 0) is 99.5 Å². The Morgan fingerprint density at radius 1 is 1.06 bits per heavy atom. The van der Waals surface area contributed by atoms with E-state index in [1.165, 1.54) is 11.6 Å². The van der Waals surface area contributed by atoms with Crippen molar-refractivity contribution in [1.29, 1.82) is 0 Å². The van der Waals surface area contributed by atoms with Crippen molar-refractivity contribution in [2.75, 3.05) is 6.61 Å². The first-order chi connectivity index (χ1) is 24.4. The number of esters is 2. The van der Waals surface area contributed by atoms with Gasteiger partial charge < -0.3 is 24.8 Å². The van der Waals surface area contributed by atoms with E-state index in [0.29, 0.717) is 38.0 Å². The first-order valence-corrected chi connectivity index (χ1v) is 19.6. The zero-order valence-electron chi connectivity index (χ0n) is 30.7. The van der Waals surface area contributed by atoms with Crippen molar-refractivity contribution in [3.8, 4) is 11.8 Å². The van der Waals surface area contributed by atoms with E-state index in [0.717, 1.165) is 44.1 Å². The standard InChI is InChI=1S/C42H58N2O7/c1-28(11-9-14-29-12-5-4-6-13-29)18-19-33(45)42-34(46)21-23-39(3)31-15-10-16-32(31)43-44-40(37(39)42)27-38(2,22-8-7-17-35(47)51-40)41(42,49)24-20-30-25-36(48)50-26-30/h4-6,12-13,25,28,31-34,37,43-46,49H,7,9-11,14-21,23-24,26-27H2,1-3H3. The molecule has 11 atom stereocenters. The van der Waals surface area contributed by atoms with Crippen LogP contribution in [0.4, 0.5) is 0 Å². The predicted molar refractivity (Wildman–Crippen MR) is 192 cm³/mol. The van der Waals surface area contributed by atoms with E-state index in [2.05, 4.69) is 60.8 Å². The fraction of sp³-hybridized carbons (Fsp3) is 0.714. The van der Waals surface area contributed by atoms with Crippen molar-refractivity contribution >= 4 is 11.9 Å². The molecular weight excluding hydrogens is 644 g/mol. The minimum absolute atomic E-state index is 0.117. The van der Waals surface area contributed by atoms with E-state index < -0.39 is 51.7 Å². The molecule has 3 aliphatic carbocycles. The van der Waals surface area contributed by atoms with Gasteiger partial charge in [-0.25, -0.2) is 10.2 Å². The van der Waals surface area contributed by atoms with Gasteiger partial charge in [0.1, 0.15) is 6.61 Å². The lowest BCUT2D eigenvalue weighted by Gasteiger charge is -2.73. The van der Waals surface area contributed by atoms with E-state index in [1.807, 2.05) is 13.0 Å². The Balaban J connectivity index is 1.33. The van der Waals surface area contributed by atoms with Crippen LogP contribution < -0.4 is 10.9 Å². The predicted octanol–water partition coefficient (Wildman–Crippen LogP) is 5.27. The molecule has 1 aromatic carbocycles. The largest absolute Gasteiger partial charge is 0.458 e. The van der Waals surface area contributed by atoms with Gasteiger partial charge in [-0.1, -0.05) is 62.9 Å². The molecule has 51 heavy (non-hydrogen) atoms. The molecule has 0 radical (unpaired) electrons. The fourth-order valence-electron chi connectivity index (χ4n) is 12.1. The third kappa shape index (κ3) is 6.07. The van der Waals surface area contributed by atoms with Crippen LogP contribution in [0.2, 0.25) is 0 Å². The average Bonchev–Trinajstić information content (AvgIpc) is 3.75. The van der Waals surface area contributed by atoms with Gasteiger partial charge in [0.15, 0.2) is 5.72 Å². The van der Waals surface area contributed by atoms with Gasteiger partial charge in [-0.15, -0.1) is 5.92 Å². The van der Waals surface area contributed by atoms with Crippen molar-refractivity contribution in [3.05, 3.63) is 47.5 Å². The summed E-state index contributed by atoms with van der Waals surface area (Å²) in [6.45, 7) is 6.57. The summed E-state index contributed by atoms with van der Waals surface area (Å²) in [6, 6.07) is 10.6. The van der Waals surface area contributed by atoms with Gasteiger partial charge in [-0.3, -0.25) is 10.2 Å². The number of aliphatic hydroxyl groups excluding tert-OH is 2. The first kappa shape index (κ1) is 36.6. The Morgan fingerprint density at radius 3 is 2.63 bits per heavy atom. The van der Waals surface area contributed by atoms with Gasteiger partial charge in [-0.2, -0.15) is 0 Å². The number of fused-ring (bicyclic) bond motifs is 3. The molecule has 0 amide bonds. The quantitative estimate of drug-likeness (QED) is 0.154. The monoisotopic (exact) mass is 702 g/mol. The van der Waals surface area contributed by atoms with Gasteiger partial charge in [0.2, 0.25) is 0 Å². The van der Waals surface area contributed by atoms with E-state index >= 15 is 0 Å². The number of hydrogen-bond donors (Lipinski definition) is 5. The van der Waals surface area contributed by atoms with Crippen molar-refractivity contribution in [2.24, 2.45) is 34.0 Å². The lowest BCUT2D eigenvalue weighted by atomic mass is 9.34. The molecular formula is C42H58N2O7. The third-order valence-corrected chi connectivity index (χ3v) is 14.3. The molecule has 278 valence electrons. The summed E-state index contributed by atoms with van der Waals surface area (Å²) < 4.78 is 11.9. The molecule has 2 bridgehead atoms. The van der Waals surface area contributed by atoms with Crippen molar-refractivity contribution in [3.63, 3.8) is 0 Å². The lowest BCUT2D eigenvalue weighted by molar-refractivity contribution is -0.362. The molecule has 9 nitrogen and oxygen atoms in total. The van der Waals surface area contributed by atoms with E-state index in [4.69, 9.17) is 9.47 Å². The second-order valence-corrected chi connectivity index (χ2v) is 17.4. The van der Waals surface area contributed by atoms with Gasteiger partial charge in [0, 0.05) is 30.9 Å². The highest BCUT2D eigenvalue weighted by Crippen LogP contribution is 2.74. The smallest absolute Gasteiger partial charge is 0.331 e. The molecule has 3 aliphatic heterocycles. The zero-order chi connectivity index (χ0) is 36.1. The number of benzene rings is 1. The number of carbonyl (C=O) groups is 2. The Kier molecular flexibility index (Phi) is 9.99. The van der Waals surface area contributed by atoms with Crippen LogP contribution in [-0.4, -0.2) is 63.4 Å². The number of ether oxygens (including phenoxy) is 2. The highest BCUT2D eigenvalue weighted by atomic mass is 16.6. The summed E-state index contributed by atoms with van der Waals surface area (Å²) >= 11 is 0. The molecule has 1 saturated heterocycles. The molecule has 7 rings (SSSR count). The van der Waals surface area contributed by atoms with Crippen molar-refractivity contribution in [2.45, 2.75) is 147 Å². The number of carbonyl (C=O) groups excluding carboxylic acids is 2. The summed E-state index contributed by atoms with van der Waals surface area (Å²) in [5.74, 6) is 5.75. The van der Waals surface area contributed by atoms with Crippen molar-refractivity contribution in [1.82, 2.24) is 10.9 Å². The third-order valence-electron chi connectivity index (χ3n) is 14.3. The number of nitrogens with one attached hydrogen (secondary N) is 2. The molecule has 11 unspecified atom stereocenters. The SMILES string of the molecule is CC(CCCc1ccccc1)CCC(O)C12C(O)CCC3(C)C4CCCC4NNC4(CC(C)(C#CCCC(=O)O4)C1(O)CCC1=CC(=O)OC1)C32. The lowest BCUT2D eigenvalue weighted by Crippen LogP contribution is -2.84. The topological polar surface area (TPSA) is 137 Å². The maximum Gasteiger partial charge on any atom is 0.331 e. The van der Waals surface area contributed by atoms with Crippen LogP contribution in [0.1, 0.15) is 116 Å². The van der Waals surface area contributed by atoms with Gasteiger partial charge in [0.25, 0.3) is 0 Å². The summed E-state index contributed by atoms with van der Waals surface area (Å²) in [5, 5.41) is 39.7. The molecule has 5 N–H and O–H groups in total. The van der Waals surface area contributed by atoms with Crippen LogP contribution in [0, 0.1) is 45.8 Å². The number of hydrogen-bond acceptors (Lipinski definition) is 9. The molecule has 6 aliphatic rings. The van der Waals surface area contributed by atoms with Crippen LogP contribution in [-0.2, 0) is 25.5 Å². The number of rotatable bonds is 11. The fourth-order valence-corrected chi connectivity index (χ4v) is 12.1. The summed E-state index contributed by atoms with van der Waals surface area (Å²) in [7, 11) is 0. The number of hydrazine groups is 1. The van der Waals surface area contributed by atoms with Crippen LogP contribution >= 0.6 is 0 Å². The van der Waals surface area contributed by atoms with Crippen LogP contribution in [0.25, 0.3) is 0 Å². The maximum absolute atomic E-state index is 13.9. The van der Waals surface area contributed by atoms with Crippen LogP contribution in [0.3, 0.4) is 0 Å². The molecule has 1 spiro atoms.